The molecule has 0 bridgehead atoms. The van der Waals surface area contributed by atoms with Crippen LogP contribution in [0.15, 0.2) is 0 Å². The first kappa shape index (κ1) is 8.72. The van der Waals surface area contributed by atoms with E-state index in [0.29, 0.717) is 11.6 Å². The zero-order valence-electron chi connectivity index (χ0n) is 7.57. The van der Waals surface area contributed by atoms with Gasteiger partial charge in [-0.3, -0.25) is 0 Å². The predicted molar refractivity (Wildman–Crippen MR) is 44.5 cm³/mol. The fraction of sp³-hybridized carbons (Fsp3) is 0.625. The molecular weight excluding hydrogens is 152 g/mol. The van der Waals surface area contributed by atoms with Crippen molar-refractivity contribution < 1.29 is 0 Å². The molecular formula is C8H12N4. The van der Waals surface area contributed by atoms with Crippen molar-refractivity contribution in [2.75, 3.05) is 0 Å². The Balaban J connectivity index is 3.19. The van der Waals surface area contributed by atoms with Crippen LogP contribution in [-0.4, -0.2) is 15.0 Å². The van der Waals surface area contributed by atoms with Gasteiger partial charge in [0.1, 0.15) is 6.07 Å². The SMILES string of the molecule is CCn1nnc(C#N)c1C(C)C. The number of hydrogen-bond acceptors (Lipinski definition) is 3. The van der Waals surface area contributed by atoms with Crippen LogP contribution in [0.5, 0.6) is 0 Å². The van der Waals surface area contributed by atoms with E-state index in [1.807, 2.05) is 26.8 Å². The second kappa shape index (κ2) is 3.35. The molecule has 0 N–H and O–H groups in total. The largest absolute Gasteiger partial charge is 0.248 e. The van der Waals surface area contributed by atoms with E-state index in [1.165, 1.54) is 0 Å². The molecule has 0 aliphatic heterocycles. The molecule has 1 heterocycles. The molecule has 0 unspecified atom stereocenters. The van der Waals surface area contributed by atoms with Gasteiger partial charge in [0, 0.05) is 6.54 Å². The summed E-state index contributed by atoms with van der Waals surface area (Å²) in [6.45, 7) is 6.82. The van der Waals surface area contributed by atoms with Gasteiger partial charge in [-0.15, -0.1) is 5.10 Å². The Kier molecular flexibility index (Phi) is 2.44. The second-order valence-electron chi connectivity index (χ2n) is 2.91. The minimum atomic E-state index is 0.301. The summed E-state index contributed by atoms with van der Waals surface area (Å²) in [6, 6.07) is 2.04. The second-order valence-corrected chi connectivity index (χ2v) is 2.91. The highest BCUT2D eigenvalue weighted by Gasteiger charge is 2.13. The highest BCUT2D eigenvalue weighted by molar-refractivity contribution is 5.26. The van der Waals surface area contributed by atoms with E-state index in [4.69, 9.17) is 5.26 Å². The highest BCUT2D eigenvalue weighted by atomic mass is 15.4. The summed E-state index contributed by atoms with van der Waals surface area (Å²) in [6.07, 6.45) is 0. The van der Waals surface area contributed by atoms with Gasteiger partial charge in [0.05, 0.1) is 5.69 Å². The summed E-state index contributed by atoms with van der Waals surface area (Å²) in [4.78, 5) is 0. The van der Waals surface area contributed by atoms with Crippen LogP contribution in [0.1, 0.15) is 38.1 Å². The predicted octanol–water partition coefficient (Wildman–Crippen LogP) is 1.29. The van der Waals surface area contributed by atoms with Crippen molar-refractivity contribution in [3.63, 3.8) is 0 Å². The summed E-state index contributed by atoms with van der Waals surface area (Å²) in [7, 11) is 0. The van der Waals surface area contributed by atoms with Gasteiger partial charge in [0.15, 0.2) is 5.69 Å². The van der Waals surface area contributed by atoms with Gasteiger partial charge in [-0.25, -0.2) is 4.68 Å². The molecule has 1 aromatic rings. The molecule has 12 heavy (non-hydrogen) atoms. The zero-order valence-corrected chi connectivity index (χ0v) is 7.57. The van der Waals surface area contributed by atoms with Crippen LogP contribution in [0.25, 0.3) is 0 Å². The van der Waals surface area contributed by atoms with E-state index in [0.717, 1.165) is 12.2 Å². The Labute approximate surface area is 71.8 Å². The van der Waals surface area contributed by atoms with Crippen molar-refractivity contribution in [1.29, 1.82) is 5.26 Å². The lowest BCUT2D eigenvalue weighted by atomic mass is 10.1. The van der Waals surface area contributed by atoms with Gasteiger partial charge in [-0.05, 0) is 12.8 Å². The molecule has 0 amide bonds. The first-order valence-electron chi connectivity index (χ1n) is 4.04. The summed E-state index contributed by atoms with van der Waals surface area (Å²) in [5, 5.41) is 16.4. The van der Waals surface area contributed by atoms with Crippen molar-refractivity contribution in [2.24, 2.45) is 0 Å². The minimum Gasteiger partial charge on any atom is -0.248 e. The minimum absolute atomic E-state index is 0.301. The Morgan fingerprint density at radius 3 is 2.67 bits per heavy atom. The number of rotatable bonds is 2. The molecule has 0 fully saturated rings. The van der Waals surface area contributed by atoms with Gasteiger partial charge in [-0.2, -0.15) is 5.26 Å². The molecule has 0 aromatic carbocycles. The molecule has 0 spiro atoms. The molecule has 1 aromatic heterocycles. The van der Waals surface area contributed by atoms with E-state index < -0.39 is 0 Å². The monoisotopic (exact) mass is 164 g/mol. The van der Waals surface area contributed by atoms with E-state index >= 15 is 0 Å². The third-order valence-corrected chi connectivity index (χ3v) is 1.73. The topological polar surface area (TPSA) is 54.5 Å². The summed E-state index contributed by atoms with van der Waals surface area (Å²) in [5.41, 5.74) is 1.38. The molecule has 4 nitrogen and oxygen atoms in total. The van der Waals surface area contributed by atoms with Crippen molar-refractivity contribution in [3.05, 3.63) is 11.4 Å². The third-order valence-electron chi connectivity index (χ3n) is 1.73. The van der Waals surface area contributed by atoms with E-state index in [1.54, 1.807) is 4.68 Å². The number of nitriles is 1. The molecule has 4 heteroatoms. The average molecular weight is 164 g/mol. The lowest BCUT2D eigenvalue weighted by Crippen LogP contribution is -2.04. The van der Waals surface area contributed by atoms with Gasteiger partial charge in [0.25, 0.3) is 0 Å². The van der Waals surface area contributed by atoms with Gasteiger partial charge >= 0.3 is 0 Å². The standard InChI is InChI=1S/C8H12N4/c1-4-12-8(6(2)3)7(5-9)10-11-12/h6H,4H2,1-3H3. The van der Waals surface area contributed by atoms with Crippen molar-refractivity contribution in [2.45, 2.75) is 33.2 Å². The number of aryl methyl sites for hydroxylation is 1. The Morgan fingerprint density at radius 2 is 2.25 bits per heavy atom. The van der Waals surface area contributed by atoms with Crippen molar-refractivity contribution >= 4 is 0 Å². The number of nitrogens with zero attached hydrogens (tertiary/aromatic N) is 4. The maximum absolute atomic E-state index is 8.71. The summed E-state index contributed by atoms with van der Waals surface area (Å²) in [5.74, 6) is 0.301. The summed E-state index contributed by atoms with van der Waals surface area (Å²) >= 11 is 0. The van der Waals surface area contributed by atoms with Crippen LogP contribution in [0.4, 0.5) is 0 Å². The smallest absolute Gasteiger partial charge is 0.186 e. The van der Waals surface area contributed by atoms with E-state index in [9.17, 15) is 0 Å². The summed E-state index contributed by atoms with van der Waals surface area (Å²) < 4.78 is 1.77. The third kappa shape index (κ3) is 1.30. The van der Waals surface area contributed by atoms with Crippen molar-refractivity contribution in [3.8, 4) is 6.07 Å². The van der Waals surface area contributed by atoms with Gasteiger partial charge in [0.2, 0.25) is 0 Å². The fourth-order valence-electron chi connectivity index (χ4n) is 1.21. The van der Waals surface area contributed by atoms with E-state index in [2.05, 4.69) is 10.3 Å². The van der Waals surface area contributed by atoms with Crippen LogP contribution >= 0.6 is 0 Å². The fourth-order valence-corrected chi connectivity index (χ4v) is 1.21. The lowest BCUT2D eigenvalue weighted by Gasteiger charge is -2.05. The average Bonchev–Trinajstić information content (AvgIpc) is 2.46. The Hall–Kier alpha value is -1.37. The molecule has 0 saturated heterocycles. The maximum Gasteiger partial charge on any atom is 0.186 e. The Morgan fingerprint density at radius 1 is 1.58 bits per heavy atom. The van der Waals surface area contributed by atoms with Crippen molar-refractivity contribution in [1.82, 2.24) is 15.0 Å². The molecule has 1 rings (SSSR count). The molecule has 0 aliphatic carbocycles. The number of hydrogen-bond donors (Lipinski definition) is 0. The molecule has 0 saturated carbocycles. The van der Waals surface area contributed by atoms with Gasteiger partial charge < -0.3 is 0 Å². The quantitative estimate of drug-likeness (QED) is 0.661. The van der Waals surface area contributed by atoms with Crippen LogP contribution in [-0.2, 0) is 6.54 Å². The normalized spacial score (nSPS) is 10.2. The van der Waals surface area contributed by atoms with E-state index in [-0.39, 0.29) is 0 Å². The van der Waals surface area contributed by atoms with Gasteiger partial charge in [-0.1, -0.05) is 19.1 Å². The molecule has 0 radical (unpaired) electrons. The first-order chi connectivity index (χ1) is 5.70. The van der Waals surface area contributed by atoms with Crippen LogP contribution < -0.4 is 0 Å². The maximum atomic E-state index is 8.71. The van der Waals surface area contributed by atoms with Crippen LogP contribution in [0, 0.1) is 11.3 Å². The molecule has 0 atom stereocenters. The molecule has 0 aliphatic rings. The Bertz CT molecular complexity index is 305. The molecule has 64 valence electrons. The lowest BCUT2D eigenvalue weighted by molar-refractivity contribution is 0.579. The number of aromatic nitrogens is 3. The highest BCUT2D eigenvalue weighted by Crippen LogP contribution is 2.16. The van der Waals surface area contributed by atoms with Crippen LogP contribution in [0.2, 0.25) is 0 Å². The zero-order chi connectivity index (χ0) is 9.14. The van der Waals surface area contributed by atoms with Crippen LogP contribution in [0.3, 0.4) is 0 Å². The first-order valence-corrected chi connectivity index (χ1v) is 4.04.